The summed E-state index contributed by atoms with van der Waals surface area (Å²) >= 11 is 0. The highest BCUT2D eigenvalue weighted by Gasteiger charge is 2.07. The summed E-state index contributed by atoms with van der Waals surface area (Å²) in [6.07, 6.45) is 3.17. The lowest BCUT2D eigenvalue weighted by atomic mass is 10.2. The quantitative estimate of drug-likeness (QED) is 0.752. The summed E-state index contributed by atoms with van der Waals surface area (Å²) in [5.74, 6) is 1.19. The molecule has 0 bridgehead atoms. The molecule has 0 aliphatic heterocycles. The fourth-order valence-electron chi connectivity index (χ4n) is 1.63. The predicted octanol–water partition coefficient (Wildman–Crippen LogP) is 1.66. The lowest BCUT2D eigenvalue weighted by Crippen LogP contribution is -2.22. The van der Waals surface area contributed by atoms with E-state index >= 15 is 0 Å². The number of aromatic nitrogens is 1. The van der Waals surface area contributed by atoms with Crippen molar-refractivity contribution in [3.63, 3.8) is 0 Å². The van der Waals surface area contributed by atoms with Crippen molar-refractivity contribution in [2.24, 2.45) is 0 Å². The van der Waals surface area contributed by atoms with E-state index in [-0.39, 0.29) is 5.91 Å². The van der Waals surface area contributed by atoms with Crippen molar-refractivity contribution in [1.82, 2.24) is 10.3 Å². The third kappa shape index (κ3) is 4.10. The molecule has 0 unspecified atom stereocenters. The van der Waals surface area contributed by atoms with E-state index in [0.717, 1.165) is 0 Å². The summed E-state index contributed by atoms with van der Waals surface area (Å²) in [6, 6.07) is 6.96. The van der Waals surface area contributed by atoms with Gasteiger partial charge in [-0.15, -0.1) is 0 Å². The second-order valence-electron chi connectivity index (χ2n) is 4.11. The van der Waals surface area contributed by atoms with Gasteiger partial charge in [0, 0.05) is 25.4 Å². The zero-order chi connectivity index (χ0) is 14.2. The molecule has 0 saturated heterocycles. The van der Waals surface area contributed by atoms with E-state index in [0.29, 0.717) is 36.8 Å². The van der Waals surface area contributed by atoms with E-state index in [1.54, 1.807) is 37.8 Å². The second kappa shape index (κ2) is 7.30. The number of rotatable bonds is 7. The number of methoxy groups -OCH3 is 1. The first-order valence-corrected chi connectivity index (χ1v) is 6.29. The molecule has 20 heavy (non-hydrogen) atoms. The normalized spacial score (nSPS) is 10.2. The molecule has 0 aromatic carbocycles. The van der Waals surface area contributed by atoms with Gasteiger partial charge in [0.05, 0.1) is 19.4 Å². The minimum Gasteiger partial charge on any atom is -0.467 e. The molecule has 2 aromatic heterocycles. The van der Waals surface area contributed by atoms with Crippen LogP contribution in [0.15, 0.2) is 41.1 Å². The van der Waals surface area contributed by atoms with Crippen LogP contribution in [0.4, 0.5) is 5.82 Å². The molecular formula is C14H17N3O3. The Hall–Kier alpha value is -2.34. The summed E-state index contributed by atoms with van der Waals surface area (Å²) in [4.78, 5) is 16.1. The number of anilines is 1. The van der Waals surface area contributed by atoms with Crippen LogP contribution in [0.1, 0.15) is 16.1 Å². The maximum Gasteiger partial charge on any atom is 0.251 e. The molecular weight excluding hydrogens is 258 g/mol. The van der Waals surface area contributed by atoms with Gasteiger partial charge in [-0.1, -0.05) is 0 Å². The number of nitrogens with one attached hydrogen (secondary N) is 2. The SMILES string of the molecule is COCCNc1cc(C(=O)NCc2ccco2)ccn1. The molecule has 0 fully saturated rings. The number of hydrogen-bond donors (Lipinski definition) is 2. The minimum absolute atomic E-state index is 0.168. The van der Waals surface area contributed by atoms with Crippen molar-refractivity contribution in [3.8, 4) is 0 Å². The highest BCUT2D eigenvalue weighted by Crippen LogP contribution is 2.07. The first kappa shape index (κ1) is 14.1. The van der Waals surface area contributed by atoms with Crippen LogP contribution in [-0.4, -0.2) is 31.2 Å². The van der Waals surface area contributed by atoms with Crippen LogP contribution in [0.25, 0.3) is 0 Å². The molecule has 0 radical (unpaired) electrons. The molecule has 0 atom stereocenters. The van der Waals surface area contributed by atoms with Crippen molar-refractivity contribution in [3.05, 3.63) is 48.0 Å². The van der Waals surface area contributed by atoms with Crippen molar-refractivity contribution < 1.29 is 13.9 Å². The van der Waals surface area contributed by atoms with Crippen molar-refractivity contribution in [2.45, 2.75) is 6.54 Å². The van der Waals surface area contributed by atoms with E-state index in [4.69, 9.17) is 9.15 Å². The third-order valence-corrected chi connectivity index (χ3v) is 2.64. The number of furan rings is 1. The number of ether oxygens (including phenoxy) is 1. The van der Waals surface area contributed by atoms with Gasteiger partial charge in [-0.3, -0.25) is 4.79 Å². The molecule has 0 aliphatic rings. The average molecular weight is 275 g/mol. The van der Waals surface area contributed by atoms with Gasteiger partial charge in [0.25, 0.3) is 5.91 Å². The Morgan fingerprint density at radius 1 is 1.45 bits per heavy atom. The van der Waals surface area contributed by atoms with Crippen molar-refractivity contribution >= 4 is 11.7 Å². The van der Waals surface area contributed by atoms with Gasteiger partial charge in [0.2, 0.25) is 0 Å². The fraction of sp³-hybridized carbons (Fsp3) is 0.286. The minimum atomic E-state index is -0.168. The Balaban J connectivity index is 1.90. The zero-order valence-electron chi connectivity index (χ0n) is 11.3. The smallest absolute Gasteiger partial charge is 0.251 e. The molecule has 1 amide bonds. The number of hydrogen-bond acceptors (Lipinski definition) is 5. The van der Waals surface area contributed by atoms with Gasteiger partial charge in [-0.2, -0.15) is 0 Å². The number of nitrogens with zero attached hydrogens (tertiary/aromatic N) is 1. The standard InChI is InChI=1S/C14H17N3O3/c1-19-8-6-16-13-9-11(4-5-15-13)14(18)17-10-12-3-2-7-20-12/h2-5,7,9H,6,8,10H2,1H3,(H,15,16)(H,17,18). The van der Waals surface area contributed by atoms with Gasteiger partial charge < -0.3 is 19.8 Å². The van der Waals surface area contributed by atoms with Crippen LogP contribution in [-0.2, 0) is 11.3 Å². The van der Waals surface area contributed by atoms with Gasteiger partial charge in [0.15, 0.2) is 0 Å². The monoisotopic (exact) mass is 275 g/mol. The molecule has 0 spiro atoms. The lowest BCUT2D eigenvalue weighted by molar-refractivity contribution is 0.0948. The molecule has 2 N–H and O–H groups in total. The zero-order valence-corrected chi connectivity index (χ0v) is 11.3. The van der Waals surface area contributed by atoms with Gasteiger partial charge in [0.1, 0.15) is 11.6 Å². The Labute approximate surface area is 117 Å². The number of amides is 1. The molecule has 106 valence electrons. The number of pyridine rings is 1. The van der Waals surface area contributed by atoms with Crippen molar-refractivity contribution in [1.29, 1.82) is 0 Å². The maximum atomic E-state index is 12.0. The van der Waals surface area contributed by atoms with Gasteiger partial charge in [-0.05, 0) is 24.3 Å². The molecule has 6 heteroatoms. The Morgan fingerprint density at radius 2 is 2.35 bits per heavy atom. The third-order valence-electron chi connectivity index (χ3n) is 2.64. The second-order valence-corrected chi connectivity index (χ2v) is 4.11. The topological polar surface area (TPSA) is 76.4 Å². The summed E-state index contributed by atoms with van der Waals surface area (Å²) in [7, 11) is 1.63. The highest BCUT2D eigenvalue weighted by molar-refractivity contribution is 5.94. The first-order chi connectivity index (χ1) is 9.79. The van der Waals surface area contributed by atoms with Crippen LogP contribution < -0.4 is 10.6 Å². The summed E-state index contributed by atoms with van der Waals surface area (Å²) in [5.41, 5.74) is 0.548. The Kier molecular flexibility index (Phi) is 5.14. The van der Waals surface area contributed by atoms with E-state index in [9.17, 15) is 4.79 Å². The predicted molar refractivity (Wildman–Crippen MR) is 74.5 cm³/mol. The molecule has 6 nitrogen and oxygen atoms in total. The van der Waals surface area contributed by atoms with Crippen LogP contribution >= 0.6 is 0 Å². The van der Waals surface area contributed by atoms with Crippen LogP contribution in [0.5, 0.6) is 0 Å². The maximum absolute atomic E-state index is 12.0. The molecule has 2 aromatic rings. The summed E-state index contributed by atoms with van der Waals surface area (Å²) < 4.78 is 10.1. The van der Waals surface area contributed by atoms with E-state index in [1.807, 2.05) is 6.07 Å². The Bertz CT molecular complexity index is 540. The lowest BCUT2D eigenvalue weighted by Gasteiger charge is -2.07. The molecule has 2 rings (SSSR count). The molecule has 0 saturated carbocycles. The summed E-state index contributed by atoms with van der Waals surface area (Å²) in [6.45, 7) is 1.58. The Morgan fingerprint density at radius 3 is 3.10 bits per heavy atom. The number of carbonyl (C=O) groups excluding carboxylic acids is 1. The largest absolute Gasteiger partial charge is 0.467 e. The molecule has 2 heterocycles. The average Bonchev–Trinajstić information content (AvgIpc) is 2.99. The van der Waals surface area contributed by atoms with Crippen LogP contribution in [0.3, 0.4) is 0 Å². The van der Waals surface area contributed by atoms with Gasteiger partial charge >= 0.3 is 0 Å². The van der Waals surface area contributed by atoms with Gasteiger partial charge in [-0.25, -0.2) is 4.98 Å². The van der Waals surface area contributed by atoms with Crippen LogP contribution in [0.2, 0.25) is 0 Å². The first-order valence-electron chi connectivity index (χ1n) is 6.29. The van der Waals surface area contributed by atoms with Crippen LogP contribution in [0, 0.1) is 0 Å². The van der Waals surface area contributed by atoms with E-state index < -0.39 is 0 Å². The number of carbonyl (C=O) groups is 1. The highest BCUT2D eigenvalue weighted by atomic mass is 16.5. The summed E-state index contributed by atoms with van der Waals surface area (Å²) in [5, 5.41) is 5.86. The van der Waals surface area contributed by atoms with Crippen molar-refractivity contribution in [2.75, 3.05) is 25.6 Å². The van der Waals surface area contributed by atoms with E-state index in [2.05, 4.69) is 15.6 Å². The van der Waals surface area contributed by atoms with E-state index in [1.165, 1.54) is 0 Å². The fourth-order valence-corrected chi connectivity index (χ4v) is 1.63. The molecule has 0 aliphatic carbocycles.